The van der Waals surface area contributed by atoms with Gasteiger partial charge in [0, 0.05) is 13.1 Å². The summed E-state index contributed by atoms with van der Waals surface area (Å²) in [7, 11) is -3.39. The average Bonchev–Trinajstić information content (AvgIpc) is 2.61. The maximum absolute atomic E-state index is 12.0. The summed E-state index contributed by atoms with van der Waals surface area (Å²) in [5.41, 5.74) is 0. The van der Waals surface area contributed by atoms with E-state index < -0.39 is 10.0 Å². The molecule has 4 nitrogen and oxygen atoms in total. The molecule has 0 bridgehead atoms. The fourth-order valence-electron chi connectivity index (χ4n) is 1.18. The lowest BCUT2D eigenvalue weighted by Gasteiger charge is -2.17. The minimum atomic E-state index is -3.39. The first kappa shape index (κ1) is 12.9. The van der Waals surface area contributed by atoms with Gasteiger partial charge in [-0.25, -0.2) is 13.4 Å². The number of nitrogens with zero attached hydrogens (tertiary/aromatic N) is 2. The zero-order chi connectivity index (χ0) is 11.5. The molecule has 1 aromatic rings. The summed E-state index contributed by atoms with van der Waals surface area (Å²) < 4.78 is 25.9. The Morgan fingerprint density at radius 1 is 1.53 bits per heavy atom. The van der Waals surface area contributed by atoms with Crippen LogP contribution in [0, 0.1) is 0 Å². The van der Waals surface area contributed by atoms with Crippen molar-refractivity contribution in [1.29, 1.82) is 0 Å². The van der Waals surface area contributed by atoms with E-state index in [4.69, 9.17) is 11.6 Å². The number of hydrogen-bond acceptors (Lipinski definition) is 4. The minimum Gasteiger partial charge on any atom is -0.232 e. The van der Waals surface area contributed by atoms with Crippen molar-refractivity contribution in [2.45, 2.75) is 24.5 Å². The van der Waals surface area contributed by atoms with Crippen LogP contribution in [-0.4, -0.2) is 30.8 Å². The lowest BCUT2D eigenvalue weighted by molar-refractivity contribution is 0.428. The Balaban J connectivity index is 3.00. The van der Waals surface area contributed by atoms with E-state index in [1.165, 1.54) is 10.5 Å². The van der Waals surface area contributed by atoms with Crippen molar-refractivity contribution in [2.75, 3.05) is 13.1 Å². The molecule has 0 N–H and O–H groups in total. The molecule has 0 atom stereocenters. The summed E-state index contributed by atoms with van der Waals surface area (Å²) in [6, 6.07) is 0. The highest BCUT2D eigenvalue weighted by atomic mass is 35.5. The van der Waals surface area contributed by atoms with Gasteiger partial charge in [0.25, 0.3) is 10.0 Å². The van der Waals surface area contributed by atoms with Gasteiger partial charge in [-0.15, -0.1) is 0 Å². The number of aromatic nitrogens is 1. The van der Waals surface area contributed by atoms with Crippen LogP contribution in [0.3, 0.4) is 0 Å². The van der Waals surface area contributed by atoms with E-state index in [1.54, 1.807) is 0 Å². The van der Waals surface area contributed by atoms with Gasteiger partial charge in [0.15, 0.2) is 8.68 Å². The van der Waals surface area contributed by atoms with Crippen molar-refractivity contribution in [3.8, 4) is 0 Å². The molecule has 0 radical (unpaired) electrons. The highest BCUT2D eigenvalue weighted by Gasteiger charge is 2.24. The van der Waals surface area contributed by atoms with Crippen LogP contribution in [-0.2, 0) is 10.0 Å². The molecule has 0 saturated heterocycles. The third-order valence-electron chi connectivity index (χ3n) is 1.88. The molecule has 0 aliphatic heterocycles. The first-order valence-electron chi connectivity index (χ1n) is 4.63. The predicted octanol–water partition coefficient (Wildman–Crippen LogP) is 2.22. The molecule has 0 aliphatic rings. The van der Waals surface area contributed by atoms with Gasteiger partial charge >= 0.3 is 0 Å². The molecule has 86 valence electrons. The second-order valence-corrected chi connectivity index (χ2v) is 6.71. The monoisotopic (exact) mass is 268 g/mol. The van der Waals surface area contributed by atoms with Crippen molar-refractivity contribution in [3.63, 3.8) is 0 Å². The summed E-state index contributed by atoms with van der Waals surface area (Å²) in [5.74, 6) is 0. The van der Waals surface area contributed by atoms with Crippen LogP contribution in [0.5, 0.6) is 0 Å². The fraction of sp³-hybridized carbons (Fsp3) is 0.625. The Morgan fingerprint density at radius 3 is 2.60 bits per heavy atom. The van der Waals surface area contributed by atoms with E-state index in [-0.39, 0.29) is 8.68 Å². The molecule has 1 rings (SSSR count). The van der Waals surface area contributed by atoms with E-state index in [2.05, 4.69) is 4.98 Å². The molecule has 0 aliphatic carbocycles. The molecule has 1 aromatic heterocycles. The fourth-order valence-corrected chi connectivity index (χ4v) is 4.17. The lowest BCUT2D eigenvalue weighted by Crippen LogP contribution is -2.31. The minimum absolute atomic E-state index is 0.211. The van der Waals surface area contributed by atoms with Gasteiger partial charge in [-0.1, -0.05) is 36.8 Å². The van der Waals surface area contributed by atoms with Crippen molar-refractivity contribution >= 4 is 33.0 Å². The topological polar surface area (TPSA) is 50.3 Å². The SMILES string of the molecule is CCCN(CC)S(=O)(=O)c1cnc(Cl)s1. The summed E-state index contributed by atoms with van der Waals surface area (Å²) in [6.45, 7) is 4.74. The zero-order valence-electron chi connectivity index (χ0n) is 8.60. The quantitative estimate of drug-likeness (QED) is 0.823. The Kier molecular flexibility index (Phi) is 4.51. The molecule has 0 unspecified atom stereocenters. The highest BCUT2D eigenvalue weighted by molar-refractivity contribution is 7.91. The number of thiazole rings is 1. The number of halogens is 1. The Bertz CT molecular complexity index is 416. The summed E-state index contributed by atoms with van der Waals surface area (Å²) in [4.78, 5) is 3.74. The first-order valence-corrected chi connectivity index (χ1v) is 7.27. The number of hydrogen-bond donors (Lipinski definition) is 0. The Labute approximate surface area is 98.9 Å². The maximum atomic E-state index is 12.0. The third-order valence-corrected chi connectivity index (χ3v) is 5.40. The van der Waals surface area contributed by atoms with Crippen molar-refractivity contribution in [2.24, 2.45) is 0 Å². The van der Waals surface area contributed by atoms with E-state index in [0.717, 1.165) is 17.8 Å². The van der Waals surface area contributed by atoms with Crippen LogP contribution >= 0.6 is 22.9 Å². The van der Waals surface area contributed by atoms with E-state index in [1.807, 2.05) is 13.8 Å². The molecular formula is C8H13ClN2O2S2. The van der Waals surface area contributed by atoms with Gasteiger partial charge in [-0.3, -0.25) is 0 Å². The second-order valence-electron chi connectivity index (χ2n) is 2.93. The van der Waals surface area contributed by atoms with E-state index in [9.17, 15) is 8.42 Å². The van der Waals surface area contributed by atoms with Crippen LogP contribution in [0.25, 0.3) is 0 Å². The first-order chi connectivity index (χ1) is 7.02. The molecule has 1 heterocycles. The zero-order valence-corrected chi connectivity index (χ0v) is 11.0. The Hall–Kier alpha value is -0.170. The highest BCUT2D eigenvalue weighted by Crippen LogP contribution is 2.25. The molecule has 0 spiro atoms. The van der Waals surface area contributed by atoms with Crippen LogP contribution in [0.1, 0.15) is 20.3 Å². The Morgan fingerprint density at radius 2 is 2.20 bits per heavy atom. The largest absolute Gasteiger partial charge is 0.254 e. The molecule has 0 fully saturated rings. The van der Waals surface area contributed by atoms with Gasteiger partial charge in [0.05, 0.1) is 6.20 Å². The summed E-state index contributed by atoms with van der Waals surface area (Å²) >= 11 is 6.60. The van der Waals surface area contributed by atoms with Crippen LogP contribution in [0.15, 0.2) is 10.4 Å². The molecule has 15 heavy (non-hydrogen) atoms. The van der Waals surface area contributed by atoms with Gasteiger partial charge < -0.3 is 0 Å². The van der Waals surface area contributed by atoms with Crippen molar-refractivity contribution < 1.29 is 8.42 Å². The molecular weight excluding hydrogens is 256 g/mol. The summed E-state index contributed by atoms with van der Waals surface area (Å²) in [6.07, 6.45) is 2.10. The molecule has 0 amide bonds. The predicted molar refractivity (Wildman–Crippen MR) is 61.8 cm³/mol. The van der Waals surface area contributed by atoms with E-state index in [0.29, 0.717) is 13.1 Å². The molecule has 0 aromatic carbocycles. The lowest BCUT2D eigenvalue weighted by atomic mass is 10.5. The van der Waals surface area contributed by atoms with Gasteiger partial charge in [-0.2, -0.15) is 4.31 Å². The number of sulfonamides is 1. The third kappa shape index (κ3) is 2.90. The van der Waals surface area contributed by atoms with Crippen molar-refractivity contribution in [3.05, 3.63) is 10.7 Å². The smallest absolute Gasteiger partial charge is 0.232 e. The maximum Gasteiger partial charge on any atom is 0.254 e. The normalized spacial score (nSPS) is 12.3. The second kappa shape index (κ2) is 5.25. The molecule has 0 saturated carbocycles. The van der Waals surface area contributed by atoms with Gasteiger partial charge in [-0.05, 0) is 6.42 Å². The van der Waals surface area contributed by atoms with Crippen LogP contribution in [0.4, 0.5) is 0 Å². The standard InChI is InChI=1S/C8H13ClN2O2S2/c1-3-5-11(4-2)15(12,13)7-6-10-8(9)14-7/h6H,3-5H2,1-2H3. The van der Waals surface area contributed by atoms with Crippen LogP contribution in [0.2, 0.25) is 4.47 Å². The van der Waals surface area contributed by atoms with Gasteiger partial charge in [0.2, 0.25) is 0 Å². The number of rotatable bonds is 5. The van der Waals surface area contributed by atoms with Gasteiger partial charge in [0.1, 0.15) is 0 Å². The van der Waals surface area contributed by atoms with Crippen molar-refractivity contribution in [1.82, 2.24) is 9.29 Å². The summed E-state index contributed by atoms with van der Waals surface area (Å²) in [5, 5.41) is 0. The molecule has 7 heteroatoms. The van der Waals surface area contributed by atoms with E-state index >= 15 is 0 Å². The van der Waals surface area contributed by atoms with Crippen LogP contribution < -0.4 is 0 Å². The average molecular weight is 269 g/mol.